The molecule has 0 spiro atoms. The van der Waals surface area contributed by atoms with Crippen LogP contribution < -0.4 is 10.2 Å². The van der Waals surface area contributed by atoms with Crippen molar-refractivity contribution in [1.29, 1.82) is 0 Å². The lowest BCUT2D eigenvalue weighted by atomic mass is 9.89. The van der Waals surface area contributed by atoms with Gasteiger partial charge >= 0.3 is 0 Å². The quantitative estimate of drug-likeness (QED) is 0.814. The van der Waals surface area contributed by atoms with Gasteiger partial charge in [0, 0.05) is 11.3 Å². The van der Waals surface area contributed by atoms with Crippen LogP contribution in [0.5, 0.6) is 5.75 Å². The Kier molecular flexibility index (Phi) is 5.83. The van der Waals surface area contributed by atoms with Crippen molar-refractivity contribution in [2.75, 3.05) is 0 Å². The summed E-state index contributed by atoms with van der Waals surface area (Å²) >= 11 is 0. The maximum Gasteiger partial charge on any atom is 0.271 e. The second-order valence-electron chi connectivity index (χ2n) is 6.62. The highest BCUT2D eigenvalue weighted by Gasteiger charge is 2.14. The van der Waals surface area contributed by atoms with Gasteiger partial charge in [-0.3, -0.25) is 4.79 Å². The second-order valence-corrected chi connectivity index (χ2v) is 6.62. The zero-order valence-electron chi connectivity index (χ0n) is 14.6. The van der Waals surface area contributed by atoms with Crippen LogP contribution >= 0.6 is 0 Å². The molecule has 4 nitrogen and oxygen atoms in total. The van der Waals surface area contributed by atoms with Crippen molar-refractivity contribution in [2.24, 2.45) is 11.0 Å². The van der Waals surface area contributed by atoms with Gasteiger partial charge < -0.3 is 4.74 Å². The Labute approximate surface area is 148 Å². The van der Waals surface area contributed by atoms with E-state index in [0.717, 1.165) is 36.3 Å². The van der Waals surface area contributed by atoms with Gasteiger partial charge in [-0.25, -0.2) is 5.43 Å². The highest BCUT2D eigenvalue weighted by Crippen LogP contribution is 2.21. The first-order valence-electron chi connectivity index (χ1n) is 8.83. The van der Waals surface area contributed by atoms with E-state index in [2.05, 4.69) is 17.5 Å². The molecule has 25 heavy (non-hydrogen) atoms. The summed E-state index contributed by atoms with van der Waals surface area (Å²) in [6.07, 6.45) is 4.38. The van der Waals surface area contributed by atoms with Crippen molar-refractivity contribution >= 4 is 11.6 Å². The molecule has 2 aromatic carbocycles. The third-order valence-corrected chi connectivity index (χ3v) is 4.43. The van der Waals surface area contributed by atoms with E-state index >= 15 is 0 Å². The molecule has 130 valence electrons. The molecule has 1 N–H and O–H groups in total. The lowest BCUT2D eigenvalue weighted by Gasteiger charge is -2.18. The van der Waals surface area contributed by atoms with Gasteiger partial charge in [-0.1, -0.05) is 37.3 Å². The minimum atomic E-state index is -0.166. The SMILES string of the molecule is C[C@@H]1CCC/C(=N/NC(=O)c2ccc(COc3ccccc3)cc2)C1. The first-order valence-corrected chi connectivity index (χ1v) is 8.83. The molecule has 0 unspecified atom stereocenters. The fourth-order valence-electron chi connectivity index (χ4n) is 2.99. The van der Waals surface area contributed by atoms with Crippen molar-refractivity contribution in [3.05, 3.63) is 65.7 Å². The number of rotatable bonds is 5. The van der Waals surface area contributed by atoms with E-state index in [0.29, 0.717) is 18.1 Å². The molecule has 0 bridgehead atoms. The molecule has 4 heteroatoms. The van der Waals surface area contributed by atoms with E-state index in [1.807, 2.05) is 54.6 Å². The van der Waals surface area contributed by atoms with Crippen molar-refractivity contribution in [3.8, 4) is 5.75 Å². The number of carbonyl (C=O) groups excluding carboxylic acids is 1. The van der Waals surface area contributed by atoms with E-state index < -0.39 is 0 Å². The van der Waals surface area contributed by atoms with Crippen LogP contribution in [-0.2, 0) is 6.61 Å². The van der Waals surface area contributed by atoms with Gasteiger partial charge in [0.05, 0.1) is 0 Å². The lowest BCUT2D eigenvalue weighted by Crippen LogP contribution is -2.22. The van der Waals surface area contributed by atoms with E-state index in [9.17, 15) is 4.79 Å². The number of nitrogens with one attached hydrogen (secondary N) is 1. The summed E-state index contributed by atoms with van der Waals surface area (Å²) in [6, 6.07) is 17.1. The summed E-state index contributed by atoms with van der Waals surface area (Å²) in [5.41, 5.74) is 5.41. The molecule has 2 aromatic rings. The Morgan fingerprint density at radius 3 is 2.64 bits per heavy atom. The standard InChI is InChI=1S/C21H24N2O2/c1-16-6-5-7-19(14-16)22-23-21(24)18-12-10-17(11-13-18)15-25-20-8-3-2-4-9-20/h2-4,8-13,16H,5-7,14-15H2,1H3,(H,23,24)/b22-19-/t16-/m1/s1. The molecule has 1 atom stereocenters. The summed E-state index contributed by atoms with van der Waals surface area (Å²) in [7, 11) is 0. The average Bonchev–Trinajstić information content (AvgIpc) is 2.66. The van der Waals surface area contributed by atoms with Crippen LogP contribution in [0.4, 0.5) is 0 Å². The third-order valence-electron chi connectivity index (χ3n) is 4.43. The Hall–Kier alpha value is -2.62. The smallest absolute Gasteiger partial charge is 0.271 e. The molecular formula is C21H24N2O2. The highest BCUT2D eigenvalue weighted by atomic mass is 16.5. The number of nitrogens with zero attached hydrogens (tertiary/aromatic N) is 1. The molecule has 0 saturated heterocycles. The summed E-state index contributed by atoms with van der Waals surface area (Å²) in [5, 5.41) is 4.30. The summed E-state index contributed by atoms with van der Waals surface area (Å²) in [5.74, 6) is 1.33. The molecule has 3 rings (SSSR count). The fourth-order valence-corrected chi connectivity index (χ4v) is 2.99. The molecular weight excluding hydrogens is 312 g/mol. The van der Waals surface area contributed by atoms with Gasteiger partial charge in [0.15, 0.2) is 0 Å². The molecule has 1 aliphatic rings. The van der Waals surface area contributed by atoms with E-state index in [1.165, 1.54) is 6.42 Å². The molecule has 0 aliphatic heterocycles. The Balaban J connectivity index is 1.52. The summed E-state index contributed by atoms with van der Waals surface area (Å²) < 4.78 is 5.71. The van der Waals surface area contributed by atoms with Gasteiger partial charge in [-0.05, 0) is 61.4 Å². The first kappa shape index (κ1) is 17.2. The van der Waals surface area contributed by atoms with E-state index in [4.69, 9.17) is 4.74 Å². The van der Waals surface area contributed by atoms with Gasteiger partial charge in [0.1, 0.15) is 12.4 Å². The maximum absolute atomic E-state index is 12.2. The largest absolute Gasteiger partial charge is 0.489 e. The van der Waals surface area contributed by atoms with E-state index in [-0.39, 0.29) is 5.91 Å². The Morgan fingerprint density at radius 2 is 1.92 bits per heavy atom. The van der Waals surface area contributed by atoms with Crippen molar-refractivity contribution in [1.82, 2.24) is 5.43 Å². The average molecular weight is 336 g/mol. The Bertz CT molecular complexity index is 723. The molecule has 1 saturated carbocycles. The van der Waals surface area contributed by atoms with Crippen LogP contribution in [0.1, 0.15) is 48.5 Å². The summed E-state index contributed by atoms with van der Waals surface area (Å²) in [6.45, 7) is 2.71. The number of benzene rings is 2. The van der Waals surface area contributed by atoms with Crippen LogP contribution in [0.2, 0.25) is 0 Å². The molecule has 0 heterocycles. The maximum atomic E-state index is 12.2. The number of ether oxygens (including phenoxy) is 1. The number of hydrogen-bond acceptors (Lipinski definition) is 3. The lowest BCUT2D eigenvalue weighted by molar-refractivity contribution is 0.0954. The minimum absolute atomic E-state index is 0.166. The summed E-state index contributed by atoms with van der Waals surface area (Å²) in [4.78, 5) is 12.2. The van der Waals surface area contributed by atoms with Crippen molar-refractivity contribution in [3.63, 3.8) is 0 Å². The molecule has 1 fully saturated rings. The predicted octanol–water partition coefficient (Wildman–Crippen LogP) is 4.56. The van der Waals surface area contributed by atoms with Crippen molar-refractivity contribution < 1.29 is 9.53 Å². The van der Waals surface area contributed by atoms with Crippen LogP contribution in [0.25, 0.3) is 0 Å². The second kappa shape index (κ2) is 8.47. The normalized spacial score (nSPS) is 18.8. The van der Waals surface area contributed by atoms with Crippen molar-refractivity contribution in [2.45, 2.75) is 39.2 Å². The number of hydrazone groups is 1. The predicted molar refractivity (Wildman–Crippen MR) is 99.7 cm³/mol. The first-order chi connectivity index (χ1) is 12.2. The van der Waals surface area contributed by atoms with E-state index in [1.54, 1.807) is 0 Å². The number of hydrogen-bond donors (Lipinski definition) is 1. The zero-order chi connectivity index (χ0) is 17.5. The fraction of sp³-hybridized carbons (Fsp3) is 0.333. The molecule has 0 aromatic heterocycles. The number of amides is 1. The molecule has 0 radical (unpaired) electrons. The minimum Gasteiger partial charge on any atom is -0.489 e. The van der Waals surface area contributed by atoms with Crippen LogP contribution in [0.3, 0.4) is 0 Å². The number of carbonyl (C=O) groups is 1. The van der Waals surface area contributed by atoms with Gasteiger partial charge in [0.25, 0.3) is 5.91 Å². The van der Waals surface area contributed by atoms with Crippen LogP contribution in [0.15, 0.2) is 59.7 Å². The topological polar surface area (TPSA) is 50.7 Å². The third kappa shape index (κ3) is 5.18. The van der Waals surface area contributed by atoms with Gasteiger partial charge in [-0.15, -0.1) is 0 Å². The monoisotopic (exact) mass is 336 g/mol. The van der Waals surface area contributed by atoms with Gasteiger partial charge in [0.2, 0.25) is 0 Å². The van der Waals surface area contributed by atoms with Crippen LogP contribution in [-0.4, -0.2) is 11.6 Å². The van der Waals surface area contributed by atoms with Gasteiger partial charge in [-0.2, -0.15) is 5.10 Å². The molecule has 1 aliphatic carbocycles. The zero-order valence-corrected chi connectivity index (χ0v) is 14.6. The molecule has 1 amide bonds. The highest BCUT2D eigenvalue weighted by molar-refractivity contribution is 5.95. The Morgan fingerprint density at radius 1 is 1.16 bits per heavy atom. The van der Waals surface area contributed by atoms with Crippen LogP contribution in [0, 0.1) is 5.92 Å². The number of para-hydroxylation sites is 1.